The van der Waals surface area contributed by atoms with Gasteiger partial charge in [0.2, 0.25) is 5.91 Å². The first-order valence-corrected chi connectivity index (χ1v) is 5.80. The molecule has 5 heteroatoms. The topological polar surface area (TPSA) is 75.6 Å². The van der Waals surface area contributed by atoms with Crippen molar-refractivity contribution in [3.8, 4) is 0 Å². The predicted molar refractivity (Wildman–Crippen MR) is 63.8 cm³/mol. The summed E-state index contributed by atoms with van der Waals surface area (Å²) in [5.74, 6) is -1.52. The van der Waals surface area contributed by atoms with E-state index in [9.17, 15) is 9.59 Å². The van der Waals surface area contributed by atoms with Crippen LogP contribution in [0, 0.1) is 5.92 Å². The van der Waals surface area contributed by atoms with Crippen molar-refractivity contribution in [1.82, 2.24) is 5.32 Å². The van der Waals surface area contributed by atoms with Crippen LogP contribution in [0.5, 0.6) is 0 Å². The van der Waals surface area contributed by atoms with Gasteiger partial charge in [-0.25, -0.2) is 4.79 Å². The maximum atomic E-state index is 11.2. The molecule has 0 unspecified atom stereocenters. The molecule has 1 aromatic rings. The smallest absolute Gasteiger partial charge is 0.326 e. The Labute approximate surface area is 105 Å². The van der Waals surface area contributed by atoms with Crippen molar-refractivity contribution in [3.05, 3.63) is 35.9 Å². The lowest BCUT2D eigenvalue weighted by molar-refractivity contribution is -0.141. The molecular weight excluding hydrogens is 234 g/mol. The number of hydrogen-bond donors (Lipinski definition) is 2. The molecule has 0 spiro atoms. The molecule has 2 rings (SSSR count). The van der Waals surface area contributed by atoms with Gasteiger partial charge in [-0.2, -0.15) is 0 Å². The number of carbonyl (C=O) groups is 2. The molecule has 1 aromatic carbocycles. The van der Waals surface area contributed by atoms with Gasteiger partial charge in [-0.15, -0.1) is 0 Å². The second-order valence-corrected chi connectivity index (χ2v) is 4.35. The van der Waals surface area contributed by atoms with E-state index in [2.05, 4.69) is 5.32 Å². The number of carbonyl (C=O) groups excluding carboxylic acids is 1. The second kappa shape index (κ2) is 5.64. The average molecular weight is 249 g/mol. The molecule has 2 N–H and O–H groups in total. The highest BCUT2D eigenvalue weighted by molar-refractivity contribution is 5.87. The van der Waals surface area contributed by atoms with E-state index in [1.54, 1.807) is 0 Å². The molecule has 0 bridgehead atoms. The highest BCUT2D eigenvalue weighted by Gasteiger charge is 2.37. The summed E-state index contributed by atoms with van der Waals surface area (Å²) in [6.07, 6.45) is 0.214. The lowest BCUT2D eigenvalue weighted by Gasteiger charge is -2.14. The van der Waals surface area contributed by atoms with Gasteiger partial charge in [-0.05, 0) is 5.56 Å². The Morgan fingerprint density at radius 2 is 2.11 bits per heavy atom. The molecule has 1 aliphatic rings. The van der Waals surface area contributed by atoms with E-state index >= 15 is 0 Å². The first-order chi connectivity index (χ1) is 8.66. The SMILES string of the molecule is O=C1C[C@H](COCc2ccccc2)[C@@H](C(=O)O)N1. The first kappa shape index (κ1) is 12.6. The Hall–Kier alpha value is -1.88. The molecule has 96 valence electrons. The Bertz CT molecular complexity index is 432. The van der Waals surface area contributed by atoms with Crippen molar-refractivity contribution in [2.75, 3.05) is 6.61 Å². The summed E-state index contributed by atoms with van der Waals surface area (Å²) in [4.78, 5) is 22.1. The summed E-state index contributed by atoms with van der Waals surface area (Å²) in [6, 6.07) is 8.80. The van der Waals surface area contributed by atoms with E-state index < -0.39 is 12.0 Å². The molecular formula is C13H15NO4. The summed E-state index contributed by atoms with van der Waals surface area (Å²) >= 11 is 0. The number of ether oxygens (including phenoxy) is 1. The zero-order valence-electron chi connectivity index (χ0n) is 9.83. The van der Waals surface area contributed by atoms with Gasteiger partial charge >= 0.3 is 5.97 Å². The number of benzene rings is 1. The number of nitrogens with one attached hydrogen (secondary N) is 1. The number of amides is 1. The summed E-state index contributed by atoms with van der Waals surface area (Å²) in [7, 11) is 0. The monoisotopic (exact) mass is 249 g/mol. The summed E-state index contributed by atoms with van der Waals surface area (Å²) in [6.45, 7) is 0.697. The maximum Gasteiger partial charge on any atom is 0.326 e. The Morgan fingerprint density at radius 1 is 1.39 bits per heavy atom. The number of hydrogen-bond acceptors (Lipinski definition) is 3. The third-order valence-corrected chi connectivity index (χ3v) is 2.95. The number of rotatable bonds is 5. The third kappa shape index (κ3) is 3.07. The average Bonchev–Trinajstić information content (AvgIpc) is 2.72. The molecule has 5 nitrogen and oxygen atoms in total. The normalized spacial score (nSPS) is 22.8. The first-order valence-electron chi connectivity index (χ1n) is 5.80. The summed E-state index contributed by atoms with van der Waals surface area (Å²) in [5, 5.41) is 11.4. The van der Waals surface area contributed by atoms with Gasteiger partial charge < -0.3 is 15.2 Å². The molecule has 1 heterocycles. The minimum Gasteiger partial charge on any atom is -0.480 e. The van der Waals surface area contributed by atoms with Gasteiger partial charge in [-0.3, -0.25) is 4.79 Å². The van der Waals surface area contributed by atoms with Crippen LogP contribution in [0.1, 0.15) is 12.0 Å². The second-order valence-electron chi connectivity index (χ2n) is 4.35. The van der Waals surface area contributed by atoms with Crippen molar-refractivity contribution in [2.24, 2.45) is 5.92 Å². The third-order valence-electron chi connectivity index (χ3n) is 2.95. The predicted octanol–water partition coefficient (Wildman–Crippen LogP) is 0.792. The fourth-order valence-corrected chi connectivity index (χ4v) is 2.03. The van der Waals surface area contributed by atoms with Crippen LogP contribution in [0.15, 0.2) is 30.3 Å². The Balaban J connectivity index is 1.83. The van der Waals surface area contributed by atoms with E-state index in [0.717, 1.165) is 5.56 Å². The highest BCUT2D eigenvalue weighted by Crippen LogP contribution is 2.18. The van der Waals surface area contributed by atoms with Crippen molar-refractivity contribution in [3.63, 3.8) is 0 Å². The molecule has 1 amide bonds. The van der Waals surface area contributed by atoms with Crippen LogP contribution in [-0.4, -0.2) is 29.6 Å². The Kier molecular flexibility index (Phi) is 3.94. The largest absolute Gasteiger partial charge is 0.480 e. The molecule has 0 saturated carbocycles. The molecule has 1 saturated heterocycles. The van der Waals surface area contributed by atoms with Crippen LogP contribution in [0.25, 0.3) is 0 Å². The van der Waals surface area contributed by atoms with E-state index in [4.69, 9.17) is 9.84 Å². The van der Waals surface area contributed by atoms with Gasteiger partial charge in [0.15, 0.2) is 0 Å². The van der Waals surface area contributed by atoms with Gasteiger partial charge in [0.05, 0.1) is 13.2 Å². The summed E-state index contributed by atoms with van der Waals surface area (Å²) < 4.78 is 5.48. The van der Waals surface area contributed by atoms with Gasteiger partial charge in [-0.1, -0.05) is 30.3 Å². The molecule has 0 aromatic heterocycles. The van der Waals surface area contributed by atoms with Crippen LogP contribution in [0.3, 0.4) is 0 Å². The lowest BCUT2D eigenvalue weighted by atomic mass is 10.0. The van der Waals surface area contributed by atoms with E-state index in [1.807, 2.05) is 30.3 Å². The van der Waals surface area contributed by atoms with Crippen molar-refractivity contribution >= 4 is 11.9 Å². The van der Waals surface area contributed by atoms with Crippen LogP contribution in [0.4, 0.5) is 0 Å². The van der Waals surface area contributed by atoms with Crippen LogP contribution < -0.4 is 5.32 Å². The molecule has 2 atom stereocenters. The quantitative estimate of drug-likeness (QED) is 0.809. The maximum absolute atomic E-state index is 11.2. The van der Waals surface area contributed by atoms with E-state index in [0.29, 0.717) is 6.61 Å². The zero-order valence-corrected chi connectivity index (χ0v) is 9.83. The minimum absolute atomic E-state index is 0.214. The van der Waals surface area contributed by atoms with Crippen molar-refractivity contribution < 1.29 is 19.4 Å². The van der Waals surface area contributed by atoms with Gasteiger partial charge in [0.25, 0.3) is 0 Å². The number of aliphatic carboxylic acids is 1. The van der Waals surface area contributed by atoms with Crippen molar-refractivity contribution in [2.45, 2.75) is 19.1 Å². The number of carboxylic acids is 1. The summed E-state index contributed by atoms with van der Waals surface area (Å²) in [5.41, 5.74) is 1.03. The standard InChI is InChI=1S/C13H15NO4/c15-11-6-10(12(14-11)13(16)17)8-18-7-9-4-2-1-3-5-9/h1-5,10,12H,6-8H2,(H,14,15)(H,16,17)/t10-,12+/m1/s1. The number of carboxylic acid groups (broad SMARTS) is 1. The van der Waals surface area contributed by atoms with Crippen molar-refractivity contribution in [1.29, 1.82) is 0 Å². The van der Waals surface area contributed by atoms with Crippen LogP contribution in [0.2, 0.25) is 0 Å². The fraction of sp³-hybridized carbons (Fsp3) is 0.385. The van der Waals surface area contributed by atoms with Gasteiger partial charge in [0.1, 0.15) is 6.04 Å². The Morgan fingerprint density at radius 3 is 2.78 bits per heavy atom. The zero-order chi connectivity index (χ0) is 13.0. The highest BCUT2D eigenvalue weighted by atomic mass is 16.5. The molecule has 1 aliphatic heterocycles. The molecule has 0 aliphatic carbocycles. The van der Waals surface area contributed by atoms with Crippen LogP contribution >= 0.6 is 0 Å². The molecule has 0 radical (unpaired) electrons. The molecule has 18 heavy (non-hydrogen) atoms. The van der Waals surface area contributed by atoms with Crippen LogP contribution in [-0.2, 0) is 20.9 Å². The van der Waals surface area contributed by atoms with E-state index in [-0.39, 0.29) is 24.9 Å². The van der Waals surface area contributed by atoms with E-state index in [1.165, 1.54) is 0 Å². The molecule has 1 fully saturated rings. The van der Waals surface area contributed by atoms with Gasteiger partial charge in [0, 0.05) is 12.3 Å². The lowest BCUT2D eigenvalue weighted by Crippen LogP contribution is -2.38. The fourth-order valence-electron chi connectivity index (χ4n) is 2.03. The minimum atomic E-state index is -1.01.